The summed E-state index contributed by atoms with van der Waals surface area (Å²) >= 11 is 0. The number of benzene rings is 2. The molecular formula is C35H42N12O8. The molecule has 2 aromatic heterocycles. The summed E-state index contributed by atoms with van der Waals surface area (Å²) in [6.07, 6.45) is 1.58. The van der Waals surface area contributed by atoms with Gasteiger partial charge in [-0.25, -0.2) is 19.6 Å². The average Bonchev–Trinajstić information content (AvgIpc) is 3.14. The molecule has 0 saturated heterocycles. The zero-order valence-electron chi connectivity index (χ0n) is 30.1. The summed E-state index contributed by atoms with van der Waals surface area (Å²) in [4.78, 5) is 90.9. The van der Waals surface area contributed by atoms with Crippen LogP contribution in [0.3, 0.4) is 0 Å². The van der Waals surface area contributed by atoms with Crippen LogP contribution >= 0.6 is 0 Å². The van der Waals surface area contributed by atoms with Crippen LogP contribution in [0, 0.1) is 5.92 Å². The van der Waals surface area contributed by atoms with Crippen molar-refractivity contribution in [3.8, 4) is 0 Å². The van der Waals surface area contributed by atoms with Crippen molar-refractivity contribution in [2.24, 2.45) is 11.7 Å². The van der Waals surface area contributed by atoms with Gasteiger partial charge in [-0.1, -0.05) is 13.8 Å². The summed E-state index contributed by atoms with van der Waals surface area (Å²) in [5.74, 6) is -5.33. The first-order valence-corrected chi connectivity index (χ1v) is 17.0. The number of aromatic nitrogens is 4. The van der Waals surface area contributed by atoms with Crippen LogP contribution in [-0.4, -0.2) is 90.4 Å². The lowest BCUT2D eigenvalue weighted by atomic mass is 10.0. The van der Waals surface area contributed by atoms with Crippen LogP contribution in [0.2, 0.25) is 0 Å². The van der Waals surface area contributed by atoms with Crippen molar-refractivity contribution in [2.75, 3.05) is 28.6 Å². The number of aliphatic carboxylic acids is 1. The van der Waals surface area contributed by atoms with Crippen LogP contribution in [0.25, 0.3) is 11.2 Å². The van der Waals surface area contributed by atoms with E-state index >= 15 is 0 Å². The highest BCUT2D eigenvalue weighted by molar-refractivity contribution is 6.06. The van der Waals surface area contributed by atoms with Crippen LogP contribution < -0.4 is 43.8 Å². The van der Waals surface area contributed by atoms with Crippen molar-refractivity contribution in [1.29, 1.82) is 0 Å². The maximum absolute atomic E-state index is 12.9. The minimum absolute atomic E-state index is 0.0138. The molecule has 2 aromatic carbocycles. The van der Waals surface area contributed by atoms with Gasteiger partial charge in [-0.05, 0) is 68.1 Å². The molecule has 20 nitrogen and oxygen atoms in total. The Bertz CT molecular complexity index is 2090. The van der Waals surface area contributed by atoms with Crippen molar-refractivity contribution >= 4 is 69.9 Å². The van der Waals surface area contributed by atoms with Gasteiger partial charge in [0.05, 0.1) is 35.6 Å². The molecule has 4 aromatic rings. The number of anilines is 4. The predicted molar refractivity (Wildman–Crippen MR) is 201 cm³/mol. The Balaban J connectivity index is 1.26. The molecule has 4 rings (SSSR count). The van der Waals surface area contributed by atoms with E-state index in [1.807, 2.05) is 0 Å². The number of carbonyl (C=O) groups excluding carboxylic acids is 4. The topological polar surface area (TPSA) is 333 Å². The van der Waals surface area contributed by atoms with Crippen molar-refractivity contribution in [1.82, 2.24) is 35.9 Å². The summed E-state index contributed by atoms with van der Waals surface area (Å²) in [7, 11) is 0. The second kappa shape index (κ2) is 18.2. The monoisotopic (exact) mass is 758 g/mol. The van der Waals surface area contributed by atoms with Gasteiger partial charge in [-0.2, -0.15) is 9.97 Å². The van der Waals surface area contributed by atoms with Crippen LogP contribution in [0.1, 0.15) is 70.4 Å². The Morgan fingerprint density at radius 1 is 0.818 bits per heavy atom. The Hall–Kier alpha value is -6.96. The molecule has 0 aliphatic rings. The highest BCUT2D eigenvalue weighted by Gasteiger charge is 2.24. The van der Waals surface area contributed by atoms with Crippen molar-refractivity contribution in [3.63, 3.8) is 0 Å². The molecule has 0 radical (unpaired) electrons. The molecule has 0 fully saturated rings. The number of nitrogens with one attached hydrogen (secondary N) is 5. The largest absolute Gasteiger partial charge is 0.480 e. The summed E-state index contributed by atoms with van der Waals surface area (Å²) in [5, 5.41) is 32.6. The van der Waals surface area contributed by atoms with Crippen molar-refractivity contribution in [3.05, 3.63) is 71.0 Å². The first kappa shape index (κ1) is 40.8. The number of amides is 4. The van der Waals surface area contributed by atoms with Crippen LogP contribution in [0.15, 0.2) is 48.7 Å². The number of fused-ring (bicyclic) bond motifs is 1. The lowest BCUT2D eigenvalue weighted by Crippen LogP contribution is -2.50. The molecule has 0 aliphatic heterocycles. The highest BCUT2D eigenvalue weighted by atomic mass is 16.4. The number of carbonyl (C=O) groups is 6. The normalized spacial score (nSPS) is 12.6. The fraction of sp³-hybridized carbons (Fsp3) is 0.314. The first-order valence-electron chi connectivity index (χ1n) is 17.0. The summed E-state index contributed by atoms with van der Waals surface area (Å²) in [6.45, 7) is 5.17. The molecule has 20 heteroatoms. The van der Waals surface area contributed by atoms with E-state index in [0.717, 1.165) is 6.07 Å². The fourth-order valence-corrected chi connectivity index (χ4v) is 5.03. The molecule has 2 heterocycles. The minimum atomic E-state index is -1.44. The maximum Gasteiger partial charge on any atom is 0.336 e. The molecule has 3 atom stereocenters. The second-order valence-electron chi connectivity index (χ2n) is 12.7. The fourth-order valence-electron chi connectivity index (χ4n) is 5.03. The number of nitrogen functional groups attached to an aromatic ring is 2. The second-order valence-corrected chi connectivity index (χ2v) is 12.7. The molecule has 0 saturated carbocycles. The first-order chi connectivity index (χ1) is 26.0. The highest BCUT2D eigenvalue weighted by Crippen LogP contribution is 2.18. The summed E-state index contributed by atoms with van der Waals surface area (Å²) in [5.41, 5.74) is 18.7. The molecule has 0 bridgehead atoms. The van der Waals surface area contributed by atoms with Gasteiger partial charge in [0.1, 0.15) is 12.1 Å². The van der Waals surface area contributed by atoms with Gasteiger partial charge in [0, 0.05) is 23.5 Å². The molecule has 290 valence electrons. The third kappa shape index (κ3) is 11.0. The number of hydrogen-bond donors (Lipinski definition) is 10. The Morgan fingerprint density at radius 2 is 1.51 bits per heavy atom. The van der Waals surface area contributed by atoms with Crippen LogP contribution in [-0.2, 0) is 20.9 Å². The van der Waals surface area contributed by atoms with Gasteiger partial charge in [-0.15, -0.1) is 0 Å². The number of rotatable bonds is 17. The van der Waals surface area contributed by atoms with E-state index in [9.17, 15) is 39.0 Å². The van der Waals surface area contributed by atoms with Gasteiger partial charge < -0.3 is 54.0 Å². The standard InChI is InChI=1S/C35H42N12O8/c1-16(2)25(36)32(51)42-17(3)29(48)44-20-10-11-22(23(13-20)33(52)53)31(50)39-12-4-5-24(34(54)55)45-30(49)18-6-8-19(9-7-18)40-14-21-15-41-28-26(43-21)27(37)46-35(38)47-28/h6-11,13,15-17,24-25,40H,4-5,12,14,36H2,1-3H3,(H,39,50)(H,42,51)(H,44,48)(H,45,49)(H,52,53)(H,54,55)(H4,37,38,41,46,47)/t17-,24-,25-/m0/s1. The van der Waals surface area contributed by atoms with Crippen LogP contribution in [0.5, 0.6) is 0 Å². The number of hydrogen-bond acceptors (Lipinski definition) is 14. The molecule has 0 unspecified atom stereocenters. The Kier molecular flexibility index (Phi) is 13.5. The Morgan fingerprint density at radius 3 is 2.16 bits per heavy atom. The van der Waals surface area contributed by atoms with E-state index in [4.69, 9.17) is 17.2 Å². The molecule has 0 aliphatic carbocycles. The SMILES string of the molecule is CC(C)[C@H](N)C(=O)N[C@@H](C)C(=O)Nc1ccc(C(=O)NCCC[C@H](NC(=O)c2ccc(NCc3cnc4nc(N)nc(N)c4n3)cc2)C(=O)O)c(C(=O)O)c1. The van der Waals surface area contributed by atoms with Gasteiger partial charge in [0.25, 0.3) is 11.8 Å². The number of nitrogens with zero attached hydrogens (tertiary/aromatic N) is 4. The quantitative estimate of drug-likeness (QED) is 0.0663. The zero-order chi connectivity index (χ0) is 40.4. The number of carboxylic acid groups (broad SMARTS) is 2. The van der Waals surface area contributed by atoms with Gasteiger partial charge in [0.15, 0.2) is 17.0 Å². The molecule has 4 amide bonds. The number of nitrogens with two attached hydrogens (primary N) is 3. The van der Waals surface area contributed by atoms with Crippen molar-refractivity contribution in [2.45, 2.75) is 58.3 Å². The maximum atomic E-state index is 12.9. The van der Waals surface area contributed by atoms with E-state index in [1.165, 1.54) is 37.4 Å². The van der Waals surface area contributed by atoms with Crippen molar-refractivity contribution < 1.29 is 39.0 Å². The van der Waals surface area contributed by atoms with Gasteiger partial charge >= 0.3 is 11.9 Å². The summed E-state index contributed by atoms with van der Waals surface area (Å²) < 4.78 is 0. The number of carboxylic acids is 2. The van der Waals surface area contributed by atoms with Gasteiger partial charge in [0.2, 0.25) is 17.8 Å². The Labute approximate surface area is 314 Å². The number of aromatic carboxylic acids is 1. The zero-order valence-corrected chi connectivity index (χ0v) is 30.1. The van der Waals surface area contributed by atoms with E-state index in [0.29, 0.717) is 16.9 Å². The molecule has 13 N–H and O–H groups in total. The lowest BCUT2D eigenvalue weighted by Gasteiger charge is -2.19. The minimum Gasteiger partial charge on any atom is -0.480 e. The summed E-state index contributed by atoms with van der Waals surface area (Å²) in [6, 6.07) is 6.83. The predicted octanol–water partition coefficient (Wildman–Crippen LogP) is 0.714. The molecule has 55 heavy (non-hydrogen) atoms. The third-order valence-corrected chi connectivity index (χ3v) is 8.22. The van der Waals surface area contributed by atoms with E-state index in [1.54, 1.807) is 26.0 Å². The molecule has 0 spiro atoms. The third-order valence-electron chi connectivity index (χ3n) is 8.22. The lowest BCUT2D eigenvalue weighted by molar-refractivity contribution is -0.139. The molecular weight excluding hydrogens is 716 g/mol. The average molecular weight is 759 g/mol. The van der Waals surface area contributed by atoms with Crippen LogP contribution in [0.4, 0.5) is 23.1 Å². The van der Waals surface area contributed by atoms with E-state index in [-0.39, 0.29) is 66.1 Å². The smallest absolute Gasteiger partial charge is 0.336 e. The van der Waals surface area contributed by atoms with Gasteiger partial charge in [-0.3, -0.25) is 19.2 Å². The van der Waals surface area contributed by atoms with E-state index < -0.39 is 59.3 Å². The van der Waals surface area contributed by atoms with E-state index in [2.05, 4.69) is 46.5 Å².